The third-order valence-electron chi connectivity index (χ3n) is 3.85. The first-order valence-corrected chi connectivity index (χ1v) is 8.76. The quantitative estimate of drug-likeness (QED) is 0.793. The molecule has 0 radical (unpaired) electrons. The summed E-state index contributed by atoms with van der Waals surface area (Å²) in [5.74, 6) is 0.829. The van der Waals surface area contributed by atoms with Gasteiger partial charge in [-0.25, -0.2) is 0 Å². The number of nitrogen functional groups attached to an aromatic ring is 1. The van der Waals surface area contributed by atoms with Crippen molar-refractivity contribution in [2.75, 3.05) is 18.6 Å². The highest BCUT2D eigenvalue weighted by molar-refractivity contribution is 7.99. The van der Waals surface area contributed by atoms with E-state index in [1.165, 1.54) is 12.8 Å². The summed E-state index contributed by atoms with van der Waals surface area (Å²) in [6.45, 7) is 0.399. The fourth-order valence-electron chi connectivity index (χ4n) is 2.57. The van der Waals surface area contributed by atoms with Gasteiger partial charge in [-0.05, 0) is 56.2 Å². The van der Waals surface area contributed by atoms with Crippen molar-refractivity contribution in [3.63, 3.8) is 0 Å². The molecule has 1 aromatic carbocycles. The number of rotatable bonds is 6. The first-order valence-electron chi connectivity index (χ1n) is 7.48. The van der Waals surface area contributed by atoms with E-state index < -0.39 is 0 Å². The molecule has 21 heavy (non-hydrogen) atoms. The Hall–Kier alpha value is -1.36. The summed E-state index contributed by atoms with van der Waals surface area (Å²) in [5.41, 5.74) is 6.32. The summed E-state index contributed by atoms with van der Waals surface area (Å²) in [6.07, 6.45) is 7.15. The van der Waals surface area contributed by atoms with Crippen LogP contribution in [0.4, 0.5) is 5.69 Å². The van der Waals surface area contributed by atoms with E-state index in [0.29, 0.717) is 24.8 Å². The van der Waals surface area contributed by atoms with Crippen molar-refractivity contribution in [2.24, 2.45) is 0 Å². The van der Waals surface area contributed by atoms with Gasteiger partial charge in [-0.2, -0.15) is 11.8 Å². The van der Waals surface area contributed by atoms with Crippen LogP contribution in [-0.4, -0.2) is 30.1 Å². The molecular formula is C16H24N2O2S. The van der Waals surface area contributed by atoms with Gasteiger partial charge in [0.05, 0.1) is 13.0 Å². The van der Waals surface area contributed by atoms with Crippen molar-refractivity contribution in [1.82, 2.24) is 5.32 Å². The van der Waals surface area contributed by atoms with Crippen molar-refractivity contribution in [3.05, 3.63) is 24.3 Å². The minimum atomic E-state index is 0.0815. The van der Waals surface area contributed by atoms with Crippen LogP contribution in [0.1, 0.15) is 32.1 Å². The Bertz CT molecular complexity index is 442. The van der Waals surface area contributed by atoms with Gasteiger partial charge >= 0.3 is 0 Å². The van der Waals surface area contributed by atoms with Gasteiger partial charge in [-0.3, -0.25) is 4.79 Å². The zero-order valence-electron chi connectivity index (χ0n) is 12.5. The SMILES string of the molecule is CSC1CCC(NC(=O)CCOc2ccc(N)cc2)CC1. The van der Waals surface area contributed by atoms with Crippen LogP contribution in [0.3, 0.4) is 0 Å². The summed E-state index contributed by atoms with van der Waals surface area (Å²) in [6, 6.07) is 7.56. The minimum Gasteiger partial charge on any atom is -0.493 e. The van der Waals surface area contributed by atoms with Crippen LogP contribution in [0.2, 0.25) is 0 Å². The molecule has 1 aromatic rings. The van der Waals surface area contributed by atoms with Crippen molar-refractivity contribution >= 4 is 23.4 Å². The first-order chi connectivity index (χ1) is 10.2. The second kappa shape index (κ2) is 8.17. The Kier molecular flexibility index (Phi) is 6.23. The van der Waals surface area contributed by atoms with Gasteiger partial charge in [0.2, 0.25) is 5.91 Å². The van der Waals surface area contributed by atoms with Gasteiger partial charge in [0.1, 0.15) is 5.75 Å². The third-order valence-corrected chi connectivity index (χ3v) is 4.99. The Labute approximate surface area is 130 Å². The maximum atomic E-state index is 11.9. The Morgan fingerprint density at radius 3 is 2.57 bits per heavy atom. The maximum Gasteiger partial charge on any atom is 0.223 e. The molecule has 1 amide bonds. The van der Waals surface area contributed by atoms with E-state index in [2.05, 4.69) is 11.6 Å². The molecule has 0 aromatic heterocycles. The molecule has 1 aliphatic rings. The maximum absolute atomic E-state index is 11.9. The van der Waals surface area contributed by atoms with Crippen LogP contribution in [0, 0.1) is 0 Å². The first kappa shape index (κ1) is 16.0. The molecule has 116 valence electrons. The molecule has 1 aliphatic carbocycles. The van der Waals surface area contributed by atoms with Crippen LogP contribution in [0.5, 0.6) is 5.75 Å². The smallest absolute Gasteiger partial charge is 0.223 e. The average Bonchev–Trinajstić information content (AvgIpc) is 2.50. The molecule has 2 rings (SSSR count). The van der Waals surface area contributed by atoms with E-state index in [4.69, 9.17) is 10.5 Å². The van der Waals surface area contributed by atoms with E-state index >= 15 is 0 Å². The van der Waals surface area contributed by atoms with Crippen LogP contribution in [-0.2, 0) is 4.79 Å². The number of benzene rings is 1. The molecule has 0 saturated heterocycles. The fourth-order valence-corrected chi connectivity index (χ4v) is 3.31. The molecule has 0 atom stereocenters. The summed E-state index contributed by atoms with van der Waals surface area (Å²) in [4.78, 5) is 11.9. The number of hydrogen-bond donors (Lipinski definition) is 2. The van der Waals surface area contributed by atoms with E-state index in [-0.39, 0.29) is 5.91 Å². The molecule has 0 heterocycles. The molecular weight excluding hydrogens is 284 g/mol. The van der Waals surface area contributed by atoms with Gasteiger partial charge in [-0.1, -0.05) is 0 Å². The summed E-state index contributed by atoms with van der Waals surface area (Å²) >= 11 is 1.94. The normalized spacial score (nSPS) is 21.8. The largest absolute Gasteiger partial charge is 0.493 e. The molecule has 0 bridgehead atoms. The van der Waals surface area contributed by atoms with Gasteiger partial charge in [0, 0.05) is 17.0 Å². The van der Waals surface area contributed by atoms with E-state index in [1.807, 2.05) is 23.9 Å². The number of ether oxygens (including phenoxy) is 1. The van der Waals surface area contributed by atoms with Crippen LogP contribution in [0.25, 0.3) is 0 Å². The Balaban J connectivity index is 1.62. The molecule has 1 fully saturated rings. The lowest BCUT2D eigenvalue weighted by Crippen LogP contribution is -2.38. The molecule has 0 unspecified atom stereocenters. The van der Waals surface area contributed by atoms with E-state index in [1.54, 1.807) is 12.1 Å². The molecule has 1 saturated carbocycles. The number of amides is 1. The third kappa shape index (κ3) is 5.50. The zero-order chi connectivity index (χ0) is 15.1. The average molecular weight is 308 g/mol. The fraction of sp³-hybridized carbons (Fsp3) is 0.562. The van der Waals surface area contributed by atoms with Gasteiger partial charge < -0.3 is 15.8 Å². The molecule has 0 aliphatic heterocycles. The highest BCUT2D eigenvalue weighted by Gasteiger charge is 2.21. The number of nitrogens with one attached hydrogen (secondary N) is 1. The second-order valence-electron chi connectivity index (χ2n) is 5.44. The highest BCUT2D eigenvalue weighted by Crippen LogP contribution is 2.26. The Morgan fingerprint density at radius 1 is 1.29 bits per heavy atom. The number of thioether (sulfide) groups is 1. The number of carbonyl (C=O) groups is 1. The molecule has 0 spiro atoms. The molecule has 4 nitrogen and oxygen atoms in total. The van der Waals surface area contributed by atoms with Gasteiger partial charge in [0.15, 0.2) is 0 Å². The van der Waals surface area contributed by atoms with Crippen molar-refractivity contribution < 1.29 is 9.53 Å². The summed E-state index contributed by atoms with van der Waals surface area (Å²) in [5, 5.41) is 3.88. The predicted molar refractivity (Wildman–Crippen MR) is 88.7 cm³/mol. The lowest BCUT2D eigenvalue weighted by Gasteiger charge is -2.28. The highest BCUT2D eigenvalue weighted by atomic mass is 32.2. The van der Waals surface area contributed by atoms with E-state index in [9.17, 15) is 4.79 Å². The van der Waals surface area contributed by atoms with Crippen LogP contribution in [0.15, 0.2) is 24.3 Å². The monoisotopic (exact) mass is 308 g/mol. The van der Waals surface area contributed by atoms with Gasteiger partial charge in [0.25, 0.3) is 0 Å². The second-order valence-corrected chi connectivity index (χ2v) is 6.58. The topological polar surface area (TPSA) is 64.3 Å². The van der Waals surface area contributed by atoms with Crippen molar-refractivity contribution in [3.8, 4) is 5.75 Å². The summed E-state index contributed by atoms with van der Waals surface area (Å²) in [7, 11) is 0. The van der Waals surface area contributed by atoms with Crippen molar-refractivity contribution in [1.29, 1.82) is 0 Å². The lowest BCUT2D eigenvalue weighted by molar-refractivity contribution is -0.122. The lowest BCUT2D eigenvalue weighted by atomic mass is 9.95. The number of hydrogen-bond acceptors (Lipinski definition) is 4. The summed E-state index contributed by atoms with van der Waals surface area (Å²) < 4.78 is 5.54. The predicted octanol–water partition coefficient (Wildman–Crippen LogP) is 2.83. The number of carbonyl (C=O) groups excluding carboxylic acids is 1. The molecule has 3 N–H and O–H groups in total. The minimum absolute atomic E-state index is 0.0815. The van der Waals surface area contributed by atoms with E-state index in [0.717, 1.165) is 23.8 Å². The standard InChI is InChI=1S/C16H24N2O2S/c1-21-15-8-4-13(5-9-15)18-16(19)10-11-20-14-6-2-12(17)3-7-14/h2-3,6-7,13,15H,4-5,8-11,17H2,1H3,(H,18,19). The Morgan fingerprint density at radius 2 is 1.95 bits per heavy atom. The van der Waals surface area contributed by atoms with Crippen LogP contribution < -0.4 is 15.8 Å². The van der Waals surface area contributed by atoms with Crippen LogP contribution >= 0.6 is 11.8 Å². The molecule has 5 heteroatoms. The van der Waals surface area contributed by atoms with Gasteiger partial charge in [-0.15, -0.1) is 0 Å². The number of nitrogens with two attached hydrogens (primary N) is 1. The van der Waals surface area contributed by atoms with Crippen molar-refractivity contribution in [2.45, 2.75) is 43.4 Å². The zero-order valence-corrected chi connectivity index (χ0v) is 13.3. The number of anilines is 1.